The molecule has 1 aliphatic rings. The summed E-state index contributed by atoms with van der Waals surface area (Å²) in [5, 5.41) is 12.0. The molecule has 1 fully saturated rings. The summed E-state index contributed by atoms with van der Waals surface area (Å²) in [4.78, 5) is 13.7. The molecule has 1 amide bonds. The second-order valence-corrected chi connectivity index (χ2v) is 8.40. The van der Waals surface area contributed by atoms with Crippen molar-refractivity contribution in [3.05, 3.63) is 42.6 Å². The number of amides is 1. The van der Waals surface area contributed by atoms with Crippen LogP contribution in [0.2, 0.25) is 0 Å². The molecule has 29 heavy (non-hydrogen) atoms. The van der Waals surface area contributed by atoms with E-state index in [-0.39, 0.29) is 10.8 Å². The number of anilines is 2. The maximum atomic E-state index is 13.0. The van der Waals surface area contributed by atoms with Crippen molar-refractivity contribution in [3.8, 4) is 5.82 Å². The average Bonchev–Trinajstić information content (AvgIpc) is 3.44. The predicted octanol–water partition coefficient (Wildman–Crippen LogP) is 1.72. The number of nitrogens with zero attached hydrogens (tertiary/aromatic N) is 6. The normalized spacial score (nSPS) is 14.6. The van der Waals surface area contributed by atoms with Gasteiger partial charge in [0, 0.05) is 25.2 Å². The van der Waals surface area contributed by atoms with E-state index in [4.69, 9.17) is 0 Å². The highest BCUT2D eigenvalue weighted by atomic mass is 32.2. The molecule has 0 aliphatic carbocycles. The molecule has 1 aliphatic heterocycles. The first-order valence-corrected chi connectivity index (χ1v) is 10.7. The Labute approximate surface area is 168 Å². The van der Waals surface area contributed by atoms with E-state index in [1.807, 2.05) is 6.92 Å². The molecule has 0 radical (unpaired) electrons. The van der Waals surface area contributed by atoms with Gasteiger partial charge in [0.05, 0.1) is 10.6 Å². The summed E-state index contributed by atoms with van der Waals surface area (Å²) >= 11 is 0. The van der Waals surface area contributed by atoms with Gasteiger partial charge in [-0.15, -0.1) is 10.2 Å². The first-order chi connectivity index (χ1) is 13.9. The van der Waals surface area contributed by atoms with Crippen LogP contribution in [-0.2, 0) is 21.4 Å². The molecular formula is C18H21N7O3S. The van der Waals surface area contributed by atoms with E-state index in [0.29, 0.717) is 42.4 Å². The lowest BCUT2D eigenvalue weighted by Gasteiger charge is -2.16. The number of hydrogen-bond donors (Lipinski definition) is 1. The van der Waals surface area contributed by atoms with E-state index in [2.05, 4.69) is 20.0 Å². The summed E-state index contributed by atoms with van der Waals surface area (Å²) in [5.41, 5.74) is 1.75. The minimum atomic E-state index is -3.86. The molecule has 11 heteroatoms. The maximum Gasteiger partial charge on any atom is 0.262 e. The van der Waals surface area contributed by atoms with Crippen molar-refractivity contribution in [2.75, 3.05) is 16.2 Å². The average molecular weight is 415 g/mol. The number of nitrogens with one attached hydrogen (secondary N) is 1. The molecule has 1 aromatic carbocycles. The van der Waals surface area contributed by atoms with Crippen molar-refractivity contribution >= 4 is 27.3 Å². The Morgan fingerprint density at radius 3 is 2.41 bits per heavy atom. The summed E-state index contributed by atoms with van der Waals surface area (Å²) in [7, 11) is -3.86. The third kappa shape index (κ3) is 3.48. The van der Waals surface area contributed by atoms with Crippen molar-refractivity contribution in [2.24, 2.45) is 0 Å². The van der Waals surface area contributed by atoms with Gasteiger partial charge in [-0.05, 0) is 44.5 Å². The van der Waals surface area contributed by atoms with Crippen LogP contribution in [0.15, 0.2) is 41.8 Å². The smallest absolute Gasteiger partial charge is 0.262 e. The fourth-order valence-electron chi connectivity index (χ4n) is 3.37. The highest BCUT2D eigenvalue weighted by Crippen LogP contribution is 2.28. The van der Waals surface area contributed by atoms with Gasteiger partial charge in [0.2, 0.25) is 5.91 Å². The van der Waals surface area contributed by atoms with Crippen LogP contribution in [0, 0.1) is 6.92 Å². The topological polar surface area (TPSA) is 115 Å². The molecule has 0 unspecified atom stereocenters. The Morgan fingerprint density at radius 2 is 1.83 bits per heavy atom. The van der Waals surface area contributed by atoms with E-state index in [1.165, 1.54) is 24.8 Å². The number of carbonyl (C=O) groups excluding carboxylic acids is 1. The summed E-state index contributed by atoms with van der Waals surface area (Å²) < 4.78 is 31.9. The fraction of sp³-hybridized carbons (Fsp3) is 0.333. The monoisotopic (exact) mass is 415 g/mol. The lowest BCUT2D eigenvalue weighted by atomic mass is 10.3. The molecule has 10 nitrogen and oxygen atoms in total. The number of aromatic nitrogens is 5. The van der Waals surface area contributed by atoms with Gasteiger partial charge in [-0.3, -0.25) is 18.8 Å². The van der Waals surface area contributed by atoms with Crippen molar-refractivity contribution in [1.29, 1.82) is 0 Å². The van der Waals surface area contributed by atoms with E-state index < -0.39 is 10.0 Å². The molecule has 3 aromatic rings. The summed E-state index contributed by atoms with van der Waals surface area (Å²) in [6.45, 7) is 4.96. The Balaban J connectivity index is 1.66. The van der Waals surface area contributed by atoms with Crippen LogP contribution in [0.3, 0.4) is 0 Å². The molecule has 1 N–H and O–H groups in total. The second-order valence-electron chi connectivity index (χ2n) is 6.72. The van der Waals surface area contributed by atoms with E-state index in [1.54, 1.807) is 33.2 Å². The minimum Gasteiger partial charge on any atom is -0.312 e. The van der Waals surface area contributed by atoms with Gasteiger partial charge in [-0.25, -0.2) is 8.42 Å². The number of carbonyl (C=O) groups is 1. The zero-order chi connectivity index (χ0) is 20.6. The van der Waals surface area contributed by atoms with Gasteiger partial charge >= 0.3 is 0 Å². The molecule has 152 valence electrons. The Morgan fingerprint density at radius 1 is 1.14 bits per heavy atom. The van der Waals surface area contributed by atoms with Gasteiger partial charge in [0.1, 0.15) is 18.3 Å². The van der Waals surface area contributed by atoms with Gasteiger partial charge in [-0.2, -0.15) is 5.10 Å². The van der Waals surface area contributed by atoms with Crippen LogP contribution in [0.5, 0.6) is 0 Å². The standard InChI is InChI=1S/C18H21N7O3S/c1-3-25-13(2)17(18(21-25)23-11-19-20-12-23)22-29(27,28)15-8-6-14(7-9-15)24-10-4-5-16(24)26/h6-9,11-12,22H,3-5,10H2,1-2H3. The zero-order valence-electron chi connectivity index (χ0n) is 16.1. The molecule has 0 saturated carbocycles. The molecule has 2 aromatic heterocycles. The molecular weight excluding hydrogens is 394 g/mol. The molecule has 4 rings (SSSR count). The van der Waals surface area contributed by atoms with Crippen molar-refractivity contribution in [3.63, 3.8) is 0 Å². The van der Waals surface area contributed by atoms with Crippen LogP contribution in [0.1, 0.15) is 25.5 Å². The number of rotatable bonds is 6. The van der Waals surface area contributed by atoms with Crippen LogP contribution in [0.4, 0.5) is 11.4 Å². The number of aryl methyl sites for hydroxylation is 1. The van der Waals surface area contributed by atoms with Crippen LogP contribution in [0.25, 0.3) is 5.82 Å². The summed E-state index contributed by atoms with van der Waals surface area (Å²) in [6.07, 6.45) is 4.25. The lowest BCUT2D eigenvalue weighted by molar-refractivity contribution is -0.117. The van der Waals surface area contributed by atoms with E-state index in [0.717, 1.165) is 6.42 Å². The first-order valence-electron chi connectivity index (χ1n) is 9.26. The van der Waals surface area contributed by atoms with Crippen LogP contribution in [-0.4, -0.2) is 45.4 Å². The number of benzene rings is 1. The number of sulfonamides is 1. The SMILES string of the molecule is CCn1nc(-n2cnnc2)c(NS(=O)(=O)c2ccc(N3CCCC3=O)cc2)c1C. The van der Waals surface area contributed by atoms with Crippen LogP contribution < -0.4 is 9.62 Å². The molecule has 0 bridgehead atoms. The third-order valence-electron chi connectivity index (χ3n) is 4.92. The fourth-order valence-corrected chi connectivity index (χ4v) is 4.49. The zero-order valence-corrected chi connectivity index (χ0v) is 16.9. The van der Waals surface area contributed by atoms with E-state index in [9.17, 15) is 13.2 Å². The molecule has 0 atom stereocenters. The summed E-state index contributed by atoms with van der Waals surface area (Å²) in [6, 6.07) is 6.31. The van der Waals surface area contributed by atoms with Gasteiger partial charge in [-0.1, -0.05) is 0 Å². The molecule has 0 spiro atoms. The Kier molecular flexibility index (Phi) is 4.82. The van der Waals surface area contributed by atoms with Gasteiger partial charge in [0.25, 0.3) is 10.0 Å². The molecule has 3 heterocycles. The minimum absolute atomic E-state index is 0.0555. The van der Waals surface area contributed by atoms with Gasteiger partial charge in [0.15, 0.2) is 5.82 Å². The van der Waals surface area contributed by atoms with E-state index >= 15 is 0 Å². The second kappa shape index (κ2) is 7.32. The lowest BCUT2D eigenvalue weighted by Crippen LogP contribution is -2.23. The van der Waals surface area contributed by atoms with Crippen molar-refractivity contribution in [2.45, 2.75) is 38.1 Å². The van der Waals surface area contributed by atoms with Crippen molar-refractivity contribution in [1.82, 2.24) is 24.5 Å². The molecule has 1 saturated heterocycles. The Hall–Kier alpha value is -3.21. The first kappa shape index (κ1) is 19.1. The summed E-state index contributed by atoms with van der Waals surface area (Å²) in [5.74, 6) is 0.456. The number of hydrogen-bond acceptors (Lipinski definition) is 6. The van der Waals surface area contributed by atoms with Crippen LogP contribution >= 0.6 is 0 Å². The quantitative estimate of drug-likeness (QED) is 0.655. The highest BCUT2D eigenvalue weighted by molar-refractivity contribution is 7.92. The van der Waals surface area contributed by atoms with Gasteiger partial charge < -0.3 is 4.90 Å². The third-order valence-corrected chi connectivity index (χ3v) is 6.29. The predicted molar refractivity (Wildman–Crippen MR) is 106 cm³/mol. The van der Waals surface area contributed by atoms with Crippen molar-refractivity contribution < 1.29 is 13.2 Å². The Bertz CT molecular complexity index is 1140. The largest absolute Gasteiger partial charge is 0.312 e. The maximum absolute atomic E-state index is 13.0. The highest BCUT2D eigenvalue weighted by Gasteiger charge is 2.24.